The normalized spacial score (nSPS) is 17.2. The maximum Gasteiger partial charge on any atom is 0.119 e. The Hall–Kier alpha value is -1.87. The summed E-state index contributed by atoms with van der Waals surface area (Å²) < 4.78 is 5.31. The van der Waals surface area contributed by atoms with Gasteiger partial charge in [0.2, 0.25) is 0 Å². The van der Waals surface area contributed by atoms with E-state index < -0.39 is 0 Å². The number of fused-ring (bicyclic) bond motifs is 1. The zero-order chi connectivity index (χ0) is 13.1. The lowest BCUT2D eigenvalue weighted by Crippen LogP contribution is -2.18. The van der Waals surface area contributed by atoms with Crippen LogP contribution in [-0.4, -0.2) is 12.1 Å². The molecule has 0 fully saturated rings. The second-order valence-electron chi connectivity index (χ2n) is 4.90. The van der Waals surface area contributed by atoms with E-state index in [2.05, 4.69) is 28.5 Å². The van der Waals surface area contributed by atoms with Crippen molar-refractivity contribution in [1.82, 2.24) is 10.3 Å². The van der Waals surface area contributed by atoms with Crippen molar-refractivity contribution in [3.05, 3.63) is 59.4 Å². The van der Waals surface area contributed by atoms with Gasteiger partial charge in [-0.25, -0.2) is 0 Å². The first-order valence-corrected chi connectivity index (χ1v) is 6.66. The minimum Gasteiger partial charge on any atom is -0.497 e. The number of hydrogen-bond donors (Lipinski definition) is 1. The summed E-state index contributed by atoms with van der Waals surface area (Å²) in [4.78, 5) is 4.14. The van der Waals surface area contributed by atoms with Crippen molar-refractivity contribution in [3.8, 4) is 5.75 Å². The predicted molar refractivity (Wildman–Crippen MR) is 75.1 cm³/mol. The van der Waals surface area contributed by atoms with Gasteiger partial charge in [-0.05, 0) is 47.7 Å². The number of rotatable bonds is 4. The zero-order valence-corrected chi connectivity index (χ0v) is 11.1. The third-order valence-electron chi connectivity index (χ3n) is 3.71. The molecule has 0 amide bonds. The van der Waals surface area contributed by atoms with E-state index in [1.807, 2.05) is 18.3 Å². The number of ether oxygens (including phenoxy) is 1. The van der Waals surface area contributed by atoms with Gasteiger partial charge in [0.15, 0.2) is 0 Å². The topological polar surface area (TPSA) is 34.1 Å². The Morgan fingerprint density at radius 3 is 3.11 bits per heavy atom. The van der Waals surface area contributed by atoms with Gasteiger partial charge in [-0.1, -0.05) is 12.1 Å². The number of aryl methyl sites for hydroxylation is 1. The SMILES string of the molecule is COc1ccc2c(c1)C(NCc1cccnc1)CC2. The fourth-order valence-electron chi connectivity index (χ4n) is 2.66. The first kappa shape index (κ1) is 12.2. The molecule has 0 saturated heterocycles. The summed E-state index contributed by atoms with van der Waals surface area (Å²) in [7, 11) is 1.72. The third-order valence-corrected chi connectivity index (χ3v) is 3.71. The van der Waals surface area contributed by atoms with Crippen LogP contribution >= 0.6 is 0 Å². The van der Waals surface area contributed by atoms with Crippen molar-refractivity contribution in [2.24, 2.45) is 0 Å². The highest BCUT2D eigenvalue weighted by Crippen LogP contribution is 2.33. The molecule has 3 nitrogen and oxygen atoms in total. The molecule has 0 radical (unpaired) electrons. The van der Waals surface area contributed by atoms with Gasteiger partial charge in [0.25, 0.3) is 0 Å². The van der Waals surface area contributed by atoms with Crippen LogP contribution in [0.1, 0.15) is 29.2 Å². The standard InChI is InChI=1S/C16H18N2O/c1-19-14-6-4-13-5-7-16(15(13)9-14)18-11-12-3-2-8-17-10-12/h2-4,6,8-10,16,18H,5,7,11H2,1H3. The van der Waals surface area contributed by atoms with Gasteiger partial charge >= 0.3 is 0 Å². The van der Waals surface area contributed by atoms with Crippen molar-refractivity contribution in [1.29, 1.82) is 0 Å². The summed E-state index contributed by atoms with van der Waals surface area (Å²) >= 11 is 0. The van der Waals surface area contributed by atoms with Crippen LogP contribution in [0.3, 0.4) is 0 Å². The predicted octanol–water partition coefficient (Wildman–Crippen LogP) is 2.87. The maximum atomic E-state index is 5.31. The molecule has 3 rings (SSSR count). The van der Waals surface area contributed by atoms with Crippen molar-refractivity contribution in [2.75, 3.05) is 7.11 Å². The Morgan fingerprint density at radius 2 is 2.32 bits per heavy atom. The average Bonchev–Trinajstić information content (AvgIpc) is 2.88. The number of aromatic nitrogens is 1. The third kappa shape index (κ3) is 2.61. The Balaban J connectivity index is 1.72. The molecule has 1 aliphatic rings. The van der Waals surface area contributed by atoms with E-state index in [1.165, 1.54) is 16.7 Å². The highest BCUT2D eigenvalue weighted by Gasteiger charge is 2.22. The number of nitrogens with zero attached hydrogens (tertiary/aromatic N) is 1. The van der Waals surface area contributed by atoms with E-state index in [1.54, 1.807) is 13.3 Å². The summed E-state index contributed by atoms with van der Waals surface area (Å²) in [5.41, 5.74) is 4.03. The second-order valence-corrected chi connectivity index (χ2v) is 4.90. The highest BCUT2D eigenvalue weighted by atomic mass is 16.5. The van der Waals surface area contributed by atoms with Gasteiger partial charge in [-0.2, -0.15) is 0 Å². The highest BCUT2D eigenvalue weighted by molar-refractivity contribution is 5.40. The molecule has 0 saturated carbocycles. The van der Waals surface area contributed by atoms with Crippen LogP contribution in [0.4, 0.5) is 0 Å². The first-order valence-electron chi connectivity index (χ1n) is 6.66. The van der Waals surface area contributed by atoms with E-state index >= 15 is 0 Å². The van der Waals surface area contributed by atoms with Gasteiger partial charge in [0, 0.05) is 25.0 Å². The van der Waals surface area contributed by atoms with Crippen LogP contribution < -0.4 is 10.1 Å². The van der Waals surface area contributed by atoms with Gasteiger partial charge in [0.05, 0.1) is 7.11 Å². The summed E-state index contributed by atoms with van der Waals surface area (Å²) in [6.07, 6.45) is 6.01. The number of nitrogens with one attached hydrogen (secondary N) is 1. The molecule has 1 aromatic heterocycles. The molecule has 1 atom stereocenters. The number of methoxy groups -OCH3 is 1. The lowest BCUT2D eigenvalue weighted by molar-refractivity contribution is 0.413. The summed E-state index contributed by atoms with van der Waals surface area (Å²) in [5, 5.41) is 3.61. The lowest BCUT2D eigenvalue weighted by atomic mass is 10.1. The van der Waals surface area contributed by atoms with Crippen molar-refractivity contribution in [2.45, 2.75) is 25.4 Å². The first-order chi connectivity index (χ1) is 9.36. The summed E-state index contributed by atoms with van der Waals surface area (Å²) in [6, 6.07) is 10.9. The van der Waals surface area contributed by atoms with Gasteiger partial charge in [0.1, 0.15) is 5.75 Å². The molecule has 0 spiro atoms. The van der Waals surface area contributed by atoms with Crippen LogP contribution in [0.15, 0.2) is 42.7 Å². The monoisotopic (exact) mass is 254 g/mol. The Labute approximate surface area is 113 Å². The van der Waals surface area contributed by atoms with Crippen molar-refractivity contribution < 1.29 is 4.74 Å². The molecular formula is C16H18N2O. The Morgan fingerprint density at radius 1 is 1.37 bits per heavy atom. The fraction of sp³-hybridized carbons (Fsp3) is 0.312. The van der Waals surface area contributed by atoms with E-state index in [0.29, 0.717) is 6.04 Å². The molecule has 1 unspecified atom stereocenters. The van der Waals surface area contributed by atoms with Gasteiger partial charge < -0.3 is 10.1 Å². The smallest absolute Gasteiger partial charge is 0.119 e. The average molecular weight is 254 g/mol. The van der Waals surface area contributed by atoms with E-state index in [4.69, 9.17) is 4.74 Å². The molecule has 1 N–H and O–H groups in total. The molecule has 1 aromatic carbocycles. The minimum atomic E-state index is 0.422. The molecule has 1 aliphatic carbocycles. The number of pyridine rings is 1. The van der Waals surface area contributed by atoms with E-state index in [9.17, 15) is 0 Å². The molecule has 98 valence electrons. The van der Waals surface area contributed by atoms with Gasteiger partial charge in [-0.3, -0.25) is 4.98 Å². The van der Waals surface area contributed by atoms with E-state index in [0.717, 1.165) is 25.1 Å². The minimum absolute atomic E-state index is 0.422. The van der Waals surface area contributed by atoms with Crippen LogP contribution in [0.25, 0.3) is 0 Å². The lowest BCUT2D eigenvalue weighted by Gasteiger charge is -2.14. The largest absolute Gasteiger partial charge is 0.497 e. The molecule has 0 bridgehead atoms. The van der Waals surface area contributed by atoms with Crippen molar-refractivity contribution >= 4 is 0 Å². The van der Waals surface area contributed by atoms with Crippen molar-refractivity contribution in [3.63, 3.8) is 0 Å². The van der Waals surface area contributed by atoms with Gasteiger partial charge in [-0.15, -0.1) is 0 Å². The van der Waals surface area contributed by atoms with Crippen LogP contribution in [-0.2, 0) is 13.0 Å². The van der Waals surface area contributed by atoms with Crippen LogP contribution in [0.5, 0.6) is 5.75 Å². The Kier molecular flexibility index (Phi) is 3.47. The molecule has 19 heavy (non-hydrogen) atoms. The second kappa shape index (κ2) is 5.41. The summed E-state index contributed by atoms with van der Waals surface area (Å²) in [6.45, 7) is 0.856. The molecule has 2 aromatic rings. The molecule has 3 heteroatoms. The maximum absolute atomic E-state index is 5.31. The zero-order valence-electron chi connectivity index (χ0n) is 11.1. The Bertz CT molecular complexity index is 554. The van der Waals surface area contributed by atoms with Crippen LogP contribution in [0.2, 0.25) is 0 Å². The van der Waals surface area contributed by atoms with E-state index in [-0.39, 0.29) is 0 Å². The molecule has 0 aliphatic heterocycles. The quantitative estimate of drug-likeness (QED) is 0.911. The fourth-order valence-corrected chi connectivity index (χ4v) is 2.66. The molecular weight excluding hydrogens is 236 g/mol. The van der Waals surface area contributed by atoms with Crippen LogP contribution in [0, 0.1) is 0 Å². The number of benzene rings is 1. The summed E-state index contributed by atoms with van der Waals surface area (Å²) in [5.74, 6) is 0.939. The molecule has 1 heterocycles. The number of hydrogen-bond acceptors (Lipinski definition) is 3.